The third-order valence-electron chi connectivity index (χ3n) is 3.34. The van der Waals surface area contributed by atoms with Gasteiger partial charge in [0.05, 0.1) is 7.11 Å². The Morgan fingerprint density at radius 1 is 1.20 bits per heavy atom. The number of halogens is 1. The third-order valence-corrected chi connectivity index (χ3v) is 3.90. The molecule has 0 aromatic heterocycles. The molecule has 0 fully saturated rings. The largest absolute Gasteiger partial charge is 0.497 e. The number of unbranched alkanes of at least 4 members (excludes halogenated alkanes) is 2. The van der Waals surface area contributed by atoms with Gasteiger partial charge in [-0.3, -0.25) is 4.79 Å². The van der Waals surface area contributed by atoms with Crippen molar-refractivity contribution in [3.63, 3.8) is 0 Å². The molecule has 1 amide bonds. The van der Waals surface area contributed by atoms with Gasteiger partial charge >= 0.3 is 0 Å². The summed E-state index contributed by atoms with van der Waals surface area (Å²) in [5.74, 6) is 1.07. The van der Waals surface area contributed by atoms with Crippen LogP contribution in [-0.2, 0) is 11.2 Å². The van der Waals surface area contributed by atoms with Crippen molar-refractivity contribution in [3.8, 4) is 5.75 Å². The molecule has 0 atom stereocenters. The maximum Gasteiger partial charge on any atom is 0.222 e. The minimum Gasteiger partial charge on any atom is -0.497 e. The van der Waals surface area contributed by atoms with Gasteiger partial charge in [-0.1, -0.05) is 34.5 Å². The Hall–Kier alpha value is -1.03. The van der Waals surface area contributed by atoms with Gasteiger partial charge in [0, 0.05) is 25.3 Å². The summed E-state index contributed by atoms with van der Waals surface area (Å²) in [5, 5.41) is 1.04. The monoisotopic (exact) mass is 341 g/mol. The molecule has 1 aromatic rings. The smallest absolute Gasteiger partial charge is 0.222 e. The second kappa shape index (κ2) is 9.81. The molecule has 0 saturated carbocycles. The van der Waals surface area contributed by atoms with Crippen molar-refractivity contribution in [1.29, 1.82) is 0 Å². The molecule has 0 spiro atoms. The first-order valence-electron chi connectivity index (χ1n) is 7.10. The van der Waals surface area contributed by atoms with E-state index < -0.39 is 0 Å². The molecule has 0 radical (unpaired) electrons. The molecular weight excluding hydrogens is 318 g/mol. The first-order valence-corrected chi connectivity index (χ1v) is 8.22. The van der Waals surface area contributed by atoms with Crippen molar-refractivity contribution in [2.45, 2.75) is 32.1 Å². The van der Waals surface area contributed by atoms with Gasteiger partial charge in [0.25, 0.3) is 0 Å². The molecule has 0 aliphatic carbocycles. The maximum absolute atomic E-state index is 12.0. The lowest BCUT2D eigenvalue weighted by molar-refractivity contribution is -0.129. The number of hydrogen-bond acceptors (Lipinski definition) is 2. The molecule has 0 heterocycles. The predicted molar refractivity (Wildman–Crippen MR) is 86.6 cm³/mol. The van der Waals surface area contributed by atoms with Crippen LogP contribution in [0.25, 0.3) is 0 Å². The number of hydrogen-bond donors (Lipinski definition) is 0. The summed E-state index contributed by atoms with van der Waals surface area (Å²) in [6, 6.07) is 7.90. The van der Waals surface area contributed by atoms with Crippen LogP contribution in [0.5, 0.6) is 5.75 Å². The first-order chi connectivity index (χ1) is 9.67. The Morgan fingerprint density at radius 2 is 1.90 bits per heavy atom. The number of methoxy groups -OCH3 is 1. The highest BCUT2D eigenvalue weighted by Crippen LogP contribution is 2.13. The van der Waals surface area contributed by atoms with Gasteiger partial charge < -0.3 is 9.64 Å². The Morgan fingerprint density at radius 3 is 2.50 bits per heavy atom. The molecule has 0 aliphatic heterocycles. The van der Waals surface area contributed by atoms with E-state index in [0.717, 1.165) is 30.5 Å². The van der Waals surface area contributed by atoms with Crippen molar-refractivity contribution in [3.05, 3.63) is 29.8 Å². The van der Waals surface area contributed by atoms with E-state index in [2.05, 4.69) is 15.9 Å². The van der Waals surface area contributed by atoms with Crippen LogP contribution in [0, 0.1) is 0 Å². The van der Waals surface area contributed by atoms with Crippen LogP contribution in [0.1, 0.15) is 31.2 Å². The second-order valence-electron chi connectivity index (χ2n) is 4.91. The third kappa shape index (κ3) is 6.42. The van der Waals surface area contributed by atoms with Gasteiger partial charge in [0.1, 0.15) is 5.75 Å². The van der Waals surface area contributed by atoms with E-state index in [4.69, 9.17) is 4.74 Å². The quantitative estimate of drug-likeness (QED) is 0.506. The molecule has 20 heavy (non-hydrogen) atoms. The number of benzene rings is 1. The van der Waals surface area contributed by atoms with E-state index in [1.54, 1.807) is 7.11 Å². The van der Waals surface area contributed by atoms with Crippen molar-refractivity contribution >= 4 is 21.8 Å². The number of aryl methyl sites for hydroxylation is 1. The molecule has 3 nitrogen and oxygen atoms in total. The summed E-state index contributed by atoms with van der Waals surface area (Å²) < 4.78 is 5.12. The fourth-order valence-electron chi connectivity index (χ4n) is 1.98. The molecular formula is C16H24BrNO2. The Bertz CT molecular complexity index is 392. The highest BCUT2D eigenvalue weighted by Gasteiger charge is 2.08. The van der Waals surface area contributed by atoms with Crippen LogP contribution in [0.2, 0.25) is 0 Å². The van der Waals surface area contributed by atoms with Gasteiger partial charge in [0.15, 0.2) is 0 Å². The average molecular weight is 342 g/mol. The number of alkyl halides is 1. The van der Waals surface area contributed by atoms with E-state index in [1.807, 2.05) is 36.2 Å². The summed E-state index contributed by atoms with van der Waals surface area (Å²) in [5.41, 5.74) is 1.17. The molecule has 4 heteroatoms. The Kier molecular flexibility index (Phi) is 8.35. The number of carbonyl (C=O) groups excluding carboxylic acids is 1. The van der Waals surface area contributed by atoms with Crippen LogP contribution in [0.15, 0.2) is 24.3 Å². The van der Waals surface area contributed by atoms with Gasteiger partial charge in [-0.15, -0.1) is 0 Å². The number of ether oxygens (including phenoxy) is 1. The second-order valence-corrected chi connectivity index (χ2v) is 5.71. The Balaban J connectivity index is 2.27. The number of amides is 1. The first kappa shape index (κ1) is 17.0. The Labute approximate surface area is 130 Å². The lowest BCUT2D eigenvalue weighted by atomic mass is 10.1. The van der Waals surface area contributed by atoms with Crippen molar-refractivity contribution in [2.24, 2.45) is 0 Å². The highest BCUT2D eigenvalue weighted by molar-refractivity contribution is 9.09. The average Bonchev–Trinajstić information content (AvgIpc) is 2.49. The van der Waals surface area contributed by atoms with Crippen LogP contribution >= 0.6 is 15.9 Å². The summed E-state index contributed by atoms with van der Waals surface area (Å²) in [6.07, 6.45) is 4.78. The minimum absolute atomic E-state index is 0.222. The van der Waals surface area contributed by atoms with E-state index in [9.17, 15) is 4.79 Å². The van der Waals surface area contributed by atoms with Crippen LogP contribution in [0.4, 0.5) is 0 Å². The predicted octanol–water partition coefficient (Wildman–Crippen LogP) is 3.65. The van der Waals surface area contributed by atoms with Crippen LogP contribution in [-0.4, -0.2) is 36.8 Å². The fourth-order valence-corrected chi connectivity index (χ4v) is 2.38. The van der Waals surface area contributed by atoms with Gasteiger partial charge in [-0.05, 0) is 37.0 Å². The van der Waals surface area contributed by atoms with Crippen LogP contribution < -0.4 is 4.74 Å². The standard InChI is InChI=1S/C16H24BrNO2/c1-18(13-5-3-4-12-17)16(19)11-8-14-6-9-15(20-2)10-7-14/h6-7,9-10H,3-5,8,11-13H2,1-2H3. The normalized spacial score (nSPS) is 10.3. The molecule has 0 N–H and O–H groups in total. The molecule has 0 unspecified atom stereocenters. The zero-order chi connectivity index (χ0) is 14.8. The molecule has 0 aliphatic rings. The van der Waals surface area contributed by atoms with Gasteiger partial charge in [0.2, 0.25) is 5.91 Å². The summed E-state index contributed by atoms with van der Waals surface area (Å²) >= 11 is 3.42. The van der Waals surface area contributed by atoms with Crippen molar-refractivity contribution < 1.29 is 9.53 Å². The van der Waals surface area contributed by atoms with E-state index in [-0.39, 0.29) is 5.91 Å². The van der Waals surface area contributed by atoms with Crippen molar-refractivity contribution in [2.75, 3.05) is 26.0 Å². The lowest BCUT2D eigenvalue weighted by Crippen LogP contribution is -2.27. The molecule has 0 saturated heterocycles. The SMILES string of the molecule is COc1ccc(CCC(=O)N(C)CCCCCBr)cc1. The lowest BCUT2D eigenvalue weighted by Gasteiger charge is -2.17. The van der Waals surface area contributed by atoms with Crippen molar-refractivity contribution in [1.82, 2.24) is 4.90 Å². The summed E-state index contributed by atoms with van der Waals surface area (Å²) in [6.45, 7) is 0.856. The number of rotatable bonds is 9. The summed E-state index contributed by atoms with van der Waals surface area (Å²) in [7, 11) is 3.55. The zero-order valence-electron chi connectivity index (χ0n) is 12.4. The molecule has 112 valence electrons. The van der Waals surface area contributed by atoms with Crippen LogP contribution in [0.3, 0.4) is 0 Å². The highest BCUT2D eigenvalue weighted by atomic mass is 79.9. The van der Waals surface area contributed by atoms with E-state index in [1.165, 1.54) is 18.4 Å². The number of nitrogens with zero attached hydrogens (tertiary/aromatic N) is 1. The molecule has 0 bridgehead atoms. The fraction of sp³-hybridized carbons (Fsp3) is 0.562. The maximum atomic E-state index is 12.0. The molecule has 1 aromatic carbocycles. The van der Waals surface area contributed by atoms with E-state index >= 15 is 0 Å². The topological polar surface area (TPSA) is 29.5 Å². The van der Waals surface area contributed by atoms with Gasteiger partial charge in [-0.2, -0.15) is 0 Å². The summed E-state index contributed by atoms with van der Waals surface area (Å²) in [4.78, 5) is 13.8. The number of carbonyl (C=O) groups is 1. The zero-order valence-corrected chi connectivity index (χ0v) is 14.0. The van der Waals surface area contributed by atoms with Gasteiger partial charge in [-0.25, -0.2) is 0 Å². The molecule has 1 rings (SSSR count). The van der Waals surface area contributed by atoms with E-state index in [0.29, 0.717) is 6.42 Å². The minimum atomic E-state index is 0.222.